The topological polar surface area (TPSA) is 57.5 Å². The van der Waals surface area contributed by atoms with E-state index in [4.69, 9.17) is 23.2 Å². The minimum Gasteiger partial charge on any atom is -0.390 e. The van der Waals surface area contributed by atoms with Crippen molar-refractivity contribution in [1.82, 2.24) is 0 Å². The summed E-state index contributed by atoms with van der Waals surface area (Å²) in [6.45, 7) is 1.40. The van der Waals surface area contributed by atoms with Crippen molar-refractivity contribution < 1.29 is 15.0 Å². The van der Waals surface area contributed by atoms with Crippen LogP contribution in [0.2, 0.25) is 5.02 Å². The molecule has 1 rings (SSSR count). The molecule has 0 aliphatic carbocycles. The van der Waals surface area contributed by atoms with Crippen LogP contribution in [0.1, 0.15) is 35.4 Å². The fourth-order valence-electron chi connectivity index (χ4n) is 1.49. The van der Waals surface area contributed by atoms with E-state index in [-0.39, 0.29) is 18.1 Å². The number of aliphatic hydroxyl groups is 2. The highest BCUT2D eigenvalue weighted by molar-refractivity contribution is 6.33. The first-order valence-electron chi connectivity index (χ1n) is 5.20. The van der Waals surface area contributed by atoms with E-state index in [1.54, 1.807) is 6.07 Å². The summed E-state index contributed by atoms with van der Waals surface area (Å²) in [5, 5.41) is 19.8. The molecule has 0 aromatic heterocycles. The van der Waals surface area contributed by atoms with E-state index in [0.717, 1.165) is 0 Å². The summed E-state index contributed by atoms with van der Waals surface area (Å²) < 4.78 is 0. The fraction of sp³-hybridized carbons (Fsp3) is 0.417. The molecular weight excluding hydrogens is 263 g/mol. The third-order valence-corrected chi connectivity index (χ3v) is 3.03. The summed E-state index contributed by atoms with van der Waals surface area (Å²) in [6, 6.07) is 4.61. The van der Waals surface area contributed by atoms with Gasteiger partial charge in [-0.1, -0.05) is 17.7 Å². The van der Waals surface area contributed by atoms with Gasteiger partial charge in [-0.3, -0.25) is 4.79 Å². The van der Waals surface area contributed by atoms with Crippen molar-refractivity contribution in [3.8, 4) is 0 Å². The van der Waals surface area contributed by atoms with Crippen LogP contribution >= 0.6 is 23.2 Å². The summed E-state index contributed by atoms with van der Waals surface area (Å²) in [6.07, 6.45) is -1.74. The zero-order chi connectivity index (χ0) is 13.0. The van der Waals surface area contributed by atoms with Crippen molar-refractivity contribution in [1.29, 1.82) is 0 Å². The molecule has 0 aliphatic heterocycles. The van der Waals surface area contributed by atoms with Gasteiger partial charge in [0.1, 0.15) is 6.10 Å². The SMILES string of the molecule is CC(=O)c1cc(C(O)C(O)CCCl)ccc1Cl. The lowest BCUT2D eigenvalue weighted by atomic mass is 9.99. The summed E-state index contributed by atoms with van der Waals surface area (Å²) in [5.74, 6) is 0.0710. The molecule has 94 valence electrons. The summed E-state index contributed by atoms with van der Waals surface area (Å²) in [7, 11) is 0. The predicted molar refractivity (Wildman–Crippen MR) is 67.8 cm³/mol. The van der Waals surface area contributed by atoms with Gasteiger partial charge in [-0.2, -0.15) is 0 Å². The minimum atomic E-state index is -1.07. The average Bonchev–Trinajstić information content (AvgIpc) is 2.28. The molecule has 2 unspecified atom stereocenters. The standard InChI is InChI=1S/C12H14Cl2O3/c1-7(15)9-6-8(2-3-10(9)14)12(17)11(16)4-5-13/h2-3,6,11-12,16-17H,4-5H2,1H3. The number of halogens is 2. The molecule has 0 spiro atoms. The second-order valence-electron chi connectivity index (χ2n) is 3.79. The Hall–Kier alpha value is -0.610. The normalized spacial score (nSPS) is 14.4. The van der Waals surface area contributed by atoms with E-state index >= 15 is 0 Å². The Bertz CT molecular complexity index is 407. The summed E-state index contributed by atoms with van der Waals surface area (Å²) >= 11 is 11.3. The highest BCUT2D eigenvalue weighted by atomic mass is 35.5. The highest BCUT2D eigenvalue weighted by Gasteiger charge is 2.19. The van der Waals surface area contributed by atoms with Gasteiger partial charge in [0, 0.05) is 11.4 Å². The van der Waals surface area contributed by atoms with Crippen molar-refractivity contribution in [3.63, 3.8) is 0 Å². The molecule has 0 amide bonds. The summed E-state index contributed by atoms with van der Waals surface area (Å²) in [4.78, 5) is 11.3. The molecule has 0 saturated heterocycles. The lowest BCUT2D eigenvalue weighted by Gasteiger charge is -2.18. The Morgan fingerprint density at radius 3 is 2.59 bits per heavy atom. The number of carbonyl (C=O) groups is 1. The Labute approximate surface area is 110 Å². The van der Waals surface area contributed by atoms with Crippen molar-refractivity contribution in [2.24, 2.45) is 0 Å². The monoisotopic (exact) mass is 276 g/mol. The predicted octanol–water partition coefficient (Wildman–Crippen LogP) is 2.57. The first kappa shape index (κ1) is 14.5. The fourth-order valence-corrected chi connectivity index (χ4v) is 1.96. The lowest BCUT2D eigenvalue weighted by molar-refractivity contribution is 0.0169. The molecular formula is C12H14Cl2O3. The number of hydrogen-bond donors (Lipinski definition) is 2. The maximum atomic E-state index is 11.3. The van der Waals surface area contributed by atoms with E-state index in [2.05, 4.69) is 0 Å². The quantitative estimate of drug-likeness (QED) is 0.642. The maximum Gasteiger partial charge on any atom is 0.161 e. The maximum absolute atomic E-state index is 11.3. The molecule has 0 aliphatic rings. The molecule has 2 atom stereocenters. The highest BCUT2D eigenvalue weighted by Crippen LogP contribution is 2.25. The van der Waals surface area contributed by atoms with Crippen LogP contribution in [0.4, 0.5) is 0 Å². The lowest BCUT2D eigenvalue weighted by Crippen LogP contribution is -2.19. The molecule has 0 heterocycles. The van der Waals surface area contributed by atoms with Crippen molar-refractivity contribution in [2.45, 2.75) is 25.6 Å². The Morgan fingerprint density at radius 2 is 2.06 bits per heavy atom. The Morgan fingerprint density at radius 1 is 1.41 bits per heavy atom. The molecule has 2 N–H and O–H groups in total. The zero-order valence-corrected chi connectivity index (χ0v) is 10.9. The summed E-state index contributed by atoms with van der Waals surface area (Å²) in [5.41, 5.74) is 0.790. The van der Waals surface area contributed by atoms with Gasteiger partial charge in [0.2, 0.25) is 0 Å². The number of benzene rings is 1. The van der Waals surface area contributed by atoms with E-state index < -0.39 is 12.2 Å². The molecule has 1 aromatic carbocycles. The van der Waals surface area contributed by atoms with Crippen LogP contribution in [0.15, 0.2) is 18.2 Å². The molecule has 0 bridgehead atoms. The number of hydrogen-bond acceptors (Lipinski definition) is 3. The third-order valence-electron chi connectivity index (χ3n) is 2.48. The molecule has 0 saturated carbocycles. The molecule has 17 heavy (non-hydrogen) atoms. The first-order chi connectivity index (χ1) is 7.97. The van der Waals surface area contributed by atoms with E-state index in [1.807, 2.05) is 0 Å². The van der Waals surface area contributed by atoms with Gasteiger partial charge in [-0.15, -0.1) is 11.6 Å². The molecule has 0 fully saturated rings. The first-order valence-corrected chi connectivity index (χ1v) is 6.11. The van der Waals surface area contributed by atoms with Crippen molar-refractivity contribution in [3.05, 3.63) is 34.3 Å². The van der Waals surface area contributed by atoms with Crippen LogP contribution in [-0.2, 0) is 0 Å². The van der Waals surface area contributed by atoms with Gasteiger partial charge in [0.25, 0.3) is 0 Å². The van der Waals surface area contributed by atoms with E-state index in [1.165, 1.54) is 19.1 Å². The Kier molecular flexibility index (Phi) is 5.40. The van der Waals surface area contributed by atoms with Crippen molar-refractivity contribution >= 4 is 29.0 Å². The van der Waals surface area contributed by atoms with Crippen LogP contribution in [0.25, 0.3) is 0 Å². The van der Waals surface area contributed by atoms with E-state index in [0.29, 0.717) is 16.1 Å². The average molecular weight is 277 g/mol. The number of rotatable bonds is 5. The number of Topliss-reactive ketones (excluding diaryl/α,β-unsaturated/α-hetero) is 1. The molecule has 1 aromatic rings. The molecule has 5 heteroatoms. The number of ketones is 1. The number of aliphatic hydroxyl groups excluding tert-OH is 2. The van der Waals surface area contributed by atoms with Crippen molar-refractivity contribution in [2.75, 3.05) is 5.88 Å². The van der Waals surface area contributed by atoms with Crippen LogP contribution in [0.5, 0.6) is 0 Å². The van der Waals surface area contributed by atoms with Crippen LogP contribution in [0.3, 0.4) is 0 Å². The Balaban J connectivity index is 2.99. The zero-order valence-electron chi connectivity index (χ0n) is 9.36. The minimum absolute atomic E-state index is 0.184. The second kappa shape index (κ2) is 6.36. The molecule has 0 radical (unpaired) electrons. The second-order valence-corrected chi connectivity index (χ2v) is 4.57. The van der Waals surface area contributed by atoms with Crippen LogP contribution < -0.4 is 0 Å². The smallest absolute Gasteiger partial charge is 0.161 e. The van der Waals surface area contributed by atoms with Gasteiger partial charge < -0.3 is 10.2 Å². The van der Waals surface area contributed by atoms with Gasteiger partial charge >= 0.3 is 0 Å². The third kappa shape index (κ3) is 3.68. The van der Waals surface area contributed by atoms with Gasteiger partial charge in [0.15, 0.2) is 5.78 Å². The van der Waals surface area contributed by atoms with Crippen LogP contribution in [0, 0.1) is 0 Å². The van der Waals surface area contributed by atoms with E-state index in [9.17, 15) is 15.0 Å². The van der Waals surface area contributed by atoms with Gasteiger partial charge in [0.05, 0.1) is 11.1 Å². The van der Waals surface area contributed by atoms with Gasteiger partial charge in [-0.25, -0.2) is 0 Å². The van der Waals surface area contributed by atoms with Gasteiger partial charge in [-0.05, 0) is 31.0 Å². The largest absolute Gasteiger partial charge is 0.390 e. The number of carbonyl (C=O) groups excluding carboxylic acids is 1. The molecule has 3 nitrogen and oxygen atoms in total. The van der Waals surface area contributed by atoms with Crippen LogP contribution in [-0.4, -0.2) is 28.0 Å². The number of alkyl halides is 1.